The average Bonchev–Trinajstić information content (AvgIpc) is 3.36. The predicted octanol–water partition coefficient (Wildman–Crippen LogP) is 1.52. The number of benzene rings is 1. The molecule has 6 rings (SSSR count). The molecule has 6 atom stereocenters. The Morgan fingerprint density at radius 2 is 1.54 bits per heavy atom. The lowest BCUT2D eigenvalue weighted by molar-refractivity contribution is -0.143. The SMILES string of the molecule is O=C(NN1C(=O)C2C3C=CC(C4CC34)C2C1=O)c1ccc(F)cc1. The molecule has 122 valence electrons. The van der Waals surface area contributed by atoms with Gasteiger partial charge in [-0.05, 0) is 54.4 Å². The molecule has 2 bridgehead atoms. The lowest BCUT2D eigenvalue weighted by Crippen LogP contribution is -2.46. The quantitative estimate of drug-likeness (QED) is 0.662. The first-order chi connectivity index (χ1) is 11.6. The molecule has 3 amide bonds. The molecule has 0 radical (unpaired) electrons. The molecule has 2 saturated carbocycles. The van der Waals surface area contributed by atoms with Crippen LogP contribution < -0.4 is 5.43 Å². The number of nitrogens with one attached hydrogen (secondary N) is 1. The summed E-state index contributed by atoms with van der Waals surface area (Å²) in [4.78, 5) is 37.7. The maximum absolute atomic E-state index is 13.0. The zero-order valence-corrected chi connectivity index (χ0v) is 12.7. The zero-order chi connectivity index (χ0) is 16.6. The maximum Gasteiger partial charge on any atom is 0.270 e. The molecule has 1 heterocycles. The van der Waals surface area contributed by atoms with Gasteiger partial charge in [0.05, 0.1) is 11.8 Å². The summed E-state index contributed by atoms with van der Waals surface area (Å²) in [5, 5.41) is 0.888. The van der Waals surface area contributed by atoms with Crippen LogP contribution in [0.25, 0.3) is 0 Å². The zero-order valence-electron chi connectivity index (χ0n) is 12.7. The normalized spacial score (nSPS) is 38.1. The molecule has 1 aliphatic heterocycles. The third-order valence-corrected chi connectivity index (χ3v) is 5.98. The van der Waals surface area contributed by atoms with E-state index in [2.05, 4.69) is 17.6 Å². The van der Waals surface area contributed by atoms with Crippen LogP contribution >= 0.6 is 0 Å². The van der Waals surface area contributed by atoms with Crippen LogP contribution in [0.3, 0.4) is 0 Å². The first kappa shape index (κ1) is 13.9. The van der Waals surface area contributed by atoms with Gasteiger partial charge in [-0.3, -0.25) is 19.8 Å². The summed E-state index contributed by atoms with van der Waals surface area (Å²) in [6.07, 6.45) is 5.25. The van der Waals surface area contributed by atoms with E-state index in [4.69, 9.17) is 0 Å². The first-order valence-corrected chi connectivity index (χ1v) is 8.19. The Morgan fingerprint density at radius 3 is 2.08 bits per heavy atom. The number of imide groups is 1. The molecule has 0 aromatic heterocycles. The van der Waals surface area contributed by atoms with Gasteiger partial charge in [-0.25, -0.2) is 4.39 Å². The highest BCUT2D eigenvalue weighted by molar-refractivity contribution is 6.08. The van der Waals surface area contributed by atoms with Crippen LogP contribution in [0.15, 0.2) is 36.4 Å². The van der Waals surface area contributed by atoms with Crippen molar-refractivity contribution < 1.29 is 18.8 Å². The van der Waals surface area contributed by atoms with Gasteiger partial charge in [0.2, 0.25) is 0 Å². The predicted molar refractivity (Wildman–Crippen MR) is 80.4 cm³/mol. The van der Waals surface area contributed by atoms with Crippen LogP contribution in [0.4, 0.5) is 4.39 Å². The highest BCUT2D eigenvalue weighted by Gasteiger charge is 2.67. The fourth-order valence-corrected chi connectivity index (χ4v) is 4.83. The van der Waals surface area contributed by atoms with Crippen molar-refractivity contribution >= 4 is 17.7 Å². The highest BCUT2D eigenvalue weighted by Crippen LogP contribution is 2.65. The second-order valence-corrected chi connectivity index (χ2v) is 7.11. The summed E-state index contributed by atoms with van der Waals surface area (Å²) in [6, 6.07) is 4.98. The Bertz CT molecular complexity index is 767. The monoisotopic (exact) mass is 326 g/mol. The van der Waals surface area contributed by atoms with Gasteiger partial charge in [-0.2, -0.15) is 5.01 Å². The van der Waals surface area contributed by atoms with Crippen LogP contribution in [0.2, 0.25) is 0 Å². The Labute approximate surface area is 137 Å². The molecule has 0 spiro atoms. The van der Waals surface area contributed by atoms with E-state index in [1.54, 1.807) is 0 Å². The number of nitrogens with zero attached hydrogens (tertiary/aromatic N) is 1. The molecule has 1 aromatic carbocycles. The second-order valence-electron chi connectivity index (χ2n) is 7.11. The molecule has 6 unspecified atom stereocenters. The summed E-state index contributed by atoms with van der Waals surface area (Å²) in [7, 11) is 0. The van der Waals surface area contributed by atoms with Crippen molar-refractivity contribution in [3.05, 3.63) is 47.8 Å². The molecule has 1 aromatic rings. The van der Waals surface area contributed by atoms with Gasteiger partial charge in [0.15, 0.2) is 0 Å². The number of halogens is 1. The van der Waals surface area contributed by atoms with Crippen molar-refractivity contribution in [2.45, 2.75) is 6.42 Å². The van der Waals surface area contributed by atoms with E-state index in [1.165, 1.54) is 24.3 Å². The van der Waals surface area contributed by atoms with Gasteiger partial charge < -0.3 is 0 Å². The van der Waals surface area contributed by atoms with E-state index in [0.29, 0.717) is 11.8 Å². The van der Waals surface area contributed by atoms with E-state index in [1.807, 2.05) is 0 Å². The van der Waals surface area contributed by atoms with Gasteiger partial charge >= 0.3 is 0 Å². The number of amides is 3. The fraction of sp³-hybridized carbons (Fsp3) is 0.389. The van der Waals surface area contributed by atoms with Crippen LogP contribution in [0.1, 0.15) is 16.8 Å². The molecule has 24 heavy (non-hydrogen) atoms. The topological polar surface area (TPSA) is 66.5 Å². The van der Waals surface area contributed by atoms with Crippen molar-refractivity contribution in [1.29, 1.82) is 0 Å². The van der Waals surface area contributed by atoms with Crippen LogP contribution in [-0.4, -0.2) is 22.7 Å². The maximum atomic E-state index is 13.0. The minimum Gasteiger partial charge on any atom is -0.272 e. The molecule has 1 N–H and O–H groups in total. The number of carbonyl (C=O) groups excluding carboxylic acids is 3. The fourth-order valence-electron chi connectivity index (χ4n) is 4.83. The van der Waals surface area contributed by atoms with E-state index in [-0.39, 0.29) is 41.0 Å². The molecular weight excluding hydrogens is 311 g/mol. The largest absolute Gasteiger partial charge is 0.272 e. The number of rotatable bonds is 2. The average molecular weight is 326 g/mol. The van der Waals surface area contributed by atoms with Gasteiger partial charge in [0, 0.05) is 5.56 Å². The third-order valence-electron chi connectivity index (χ3n) is 5.98. The van der Waals surface area contributed by atoms with Crippen LogP contribution in [0.5, 0.6) is 0 Å². The Hall–Kier alpha value is -2.50. The van der Waals surface area contributed by atoms with E-state index >= 15 is 0 Å². The molecule has 3 fully saturated rings. The third kappa shape index (κ3) is 1.71. The lowest BCUT2D eigenvalue weighted by Gasteiger charge is -2.37. The van der Waals surface area contributed by atoms with Crippen molar-refractivity contribution in [2.75, 3.05) is 0 Å². The first-order valence-electron chi connectivity index (χ1n) is 8.19. The van der Waals surface area contributed by atoms with Gasteiger partial charge in [-0.1, -0.05) is 12.2 Å². The molecule has 6 heteroatoms. The van der Waals surface area contributed by atoms with Crippen molar-refractivity contribution in [2.24, 2.45) is 35.5 Å². The number of carbonyl (C=O) groups is 3. The van der Waals surface area contributed by atoms with E-state index in [0.717, 1.165) is 11.4 Å². The number of allylic oxidation sites excluding steroid dienone is 2. The minimum absolute atomic E-state index is 0.120. The van der Waals surface area contributed by atoms with E-state index in [9.17, 15) is 18.8 Å². The smallest absolute Gasteiger partial charge is 0.270 e. The minimum atomic E-state index is -0.583. The van der Waals surface area contributed by atoms with Crippen molar-refractivity contribution in [1.82, 2.24) is 10.4 Å². The Morgan fingerprint density at radius 1 is 1.00 bits per heavy atom. The summed E-state index contributed by atoms with van der Waals surface area (Å²) in [6.45, 7) is 0. The van der Waals surface area contributed by atoms with Crippen molar-refractivity contribution in [3.8, 4) is 0 Å². The molecule has 5 aliphatic rings. The lowest BCUT2D eigenvalue weighted by atomic mass is 9.63. The van der Waals surface area contributed by atoms with Gasteiger partial charge in [-0.15, -0.1) is 0 Å². The van der Waals surface area contributed by atoms with Crippen molar-refractivity contribution in [3.63, 3.8) is 0 Å². The second kappa shape index (κ2) is 4.53. The summed E-state index contributed by atoms with van der Waals surface area (Å²) in [5.41, 5.74) is 2.62. The number of hydrazine groups is 1. The highest BCUT2D eigenvalue weighted by atomic mass is 19.1. The van der Waals surface area contributed by atoms with Crippen LogP contribution in [0, 0.1) is 41.3 Å². The van der Waals surface area contributed by atoms with Gasteiger partial charge in [0.25, 0.3) is 17.7 Å². The molecular formula is C18H15FN2O3. The molecule has 4 aliphatic carbocycles. The van der Waals surface area contributed by atoms with Crippen LogP contribution in [-0.2, 0) is 9.59 Å². The molecule has 1 saturated heterocycles. The summed E-state index contributed by atoms with van der Waals surface area (Å²) in [5.74, 6) is -1.07. The van der Waals surface area contributed by atoms with Gasteiger partial charge in [0.1, 0.15) is 5.82 Å². The number of hydrogen-bond acceptors (Lipinski definition) is 3. The standard InChI is InChI=1S/C18H15FN2O3/c19-9-3-1-8(2-4-9)16(22)20-21-17(23)14-10-5-6-11(13-7-12(10)13)15(14)18(21)24/h1-6,10-15H,7H2,(H,20,22). The molecule has 5 nitrogen and oxygen atoms in total. The Balaban J connectivity index is 1.40. The number of hydrogen-bond donors (Lipinski definition) is 1. The van der Waals surface area contributed by atoms with E-state index < -0.39 is 11.7 Å². The summed E-state index contributed by atoms with van der Waals surface area (Å²) >= 11 is 0. The summed E-state index contributed by atoms with van der Waals surface area (Å²) < 4.78 is 13.0. The Kier molecular flexibility index (Phi) is 2.62.